The van der Waals surface area contributed by atoms with E-state index in [1.807, 2.05) is 25.1 Å². The number of thiazole rings is 1. The summed E-state index contributed by atoms with van der Waals surface area (Å²) in [7, 11) is 3.16. The van der Waals surface area contributed by atoms with Gasteiger partial charge in [-0.25, -0.2) is 4.98 Å². The molecule has 3 rings (SSSR count). The number of likely N-dealkylation sites (N-methyl/N-ethyl adjacent to an activating group) is 1. The Morgan fingerprint density at radius 1 is 1.03 bits per heavy atom. The van der Waals surface area contributed by atoms with Gasteiger partial charge in [0, 0.05) is 24.7 Å². The van der Waals surface area contributed by atoms with Crippen LogP contribution in [0.2, 0.25) is 0 Å². The van der Waals surface area contributed by atoms with Crippen molar-refractivity contribution in [2.45, 2.75) is 20.8 Å². The molecule has 0 N–H and O–H groups in total. The van der Waals surface area contributed by atoms with Crippen LogP contribution in [0.4, 0.5) is 5.13 Å². The number of para-hydroxylation sites is 1. The fourth-order valence-electron chi connectivity index (χ4n) is 3.34. The van der Waals surface area contributed by atoms with Crippen LogP contribution in [0.15, 0.2) is 36.4 Å². The highest BCUT2D eigenvalue weighted by Gasteiger charge is 2.23. The normalized spacial score (nSPS) is 11.1. The van der Waals surface area contributed by atoms with Gasteiger partial charge in [0.2, 0.25) is 0 Å². The van der Waals surface area contributed by atoms with Crippen LogP contribution in [0.3, 0.4) is 0 Å². The SMILES string of the molecule is CCN(CC)CCN(C(=O)c1cc(OC)cc(OC)c1)c1nc2c(C)cccc2s1. The average molecular weight is 428 g/mol. The molecule has 0 aliphatic rings. The Morgan fingerprint density at radius 2 is 1.70 bits per heavy atom. The number of aryl methyl sites for hydroxylation is 1. The molecule has 0 spiro atoms. The third kappa shape index (κ3) is 4.74. The van der Waals surface area contributed by atoms with Crippen molar-refractivity contribution in [2.24, 2.45) is 0 Å². The van der Waals surface area contributed by atoms with Gasteiger partial charge in [0.25, 0.3) is 5.91 Å². The summed E-state index contributed by atoms with van der Waals surface area (Å²) in [6, 6.07) is 11.4. The minimum atomic E-state index is -0.115. The molecule has 0 saturated carbocycles. The van der Waals surface area contributed by atoms with Crippen LogP contribution in [0.5, 0.6) is 11.5 Å². The Bertz CT molecular complexity index is 992. The van der Waals surface area contributed by atoms with Gasteiger partial charge < -0.3 is 14.4 Å². The topological polar surface area (TPSA) is 54.9 Å². The van der Waals surface area contributed by atoms with E-state index in [-0.39, 0.29) is 5.91 Å². The molecule has 0 saturated heterocycles. The second kappa shape index (κ2) is 9.91. The summed E-state index contributed by atoms with van der Waals surface area (Å²) in [5.41, 5.74) is 2.57. The van der Waals surface area contributed by atoms with Crippen LogP contribution in [-0.4, -0.2) is 56.2 Å². The first kappa shape index (κ1) is 22.1. The van der Waals surface area contributed by atoms with Crippen molar-refractivity contribution in [3.8, 4) is 11.5 Å². The molecule has 0 fully saturated rings. The Hall–Kier alpha value is -2.64. The lowest BCUT2D eigenvalue weighted by Crippen LogP contribution is -2.38. The Morgan fingerprint density at radius 3 is 2.27 bits per heavy atom. The second-order valence-electron chi connectivity index (χ2n) is 7.00. The summed E-state index contributed by atoms with van der Waals surface area (Å²) in [4.78, 5) is 22.5. The summed E-state index contributed by atoms with van der Waals surface area (Å²) in [6.07, 6.45) is 0. The van der Waals surface area contributed by atoms with Gasteiger partial charge in [0.05, 0.1) is 24.4 Å². The zero-order valence-electron chi connectivity index (χ0n) is 18.3. The van der Waals surface area contributed by atoms with Crippen LogP contribution in [0.25, 0.3) is 10.2 Å². The summed E-state index contributed by atoms with van der Waals surface area (Å²) in [5.74, 6) is 1.05. The zero-order chi connectivity index (χ0) is 21.7. The first-order valence-corrected chi connectivity index (χ1v) is 11.0. The number of hydrogen-bond acceptors (Lipinski definition) is 6. The van der Waals surface area contributed by atoms with Gasteiger partial charge in [-0.3, -0.25) is 9.69 Å². The molecule has 0 radical (unpaired) electrons. The monoisotopic (exact) mass is 427 g/mol. The fourth-order valence-corrected chi connectivity index (χ4v) is 4.41. The third-order valence-corrected chi connectivity index (χ3v) is 6.26. The number of carbonyl (C=O) groups excluding carboxylic acids is 1. The maximum atomic E-state index is 13.6. The number of nitrogens with zero attached hydrogens (tertiary/aromatic N) is 3. The minimum absolute atomic E-state index is 0.115. The van der Waals surface area contributed by atoms with Gasteiger partial charge in [0.1, 0.15) is 11.5 Å². The first-order valence-electron chi connectivity index (χ1n) is 10.1. The Balaban J connectivity index is 2.02. The zero-order valence-corrected chi connectivity index (χ0v) is 19.1. The molecule has 0 unspecified atom stereocenters. The standard InChI is InChI=1S/C23H29N3O3S/c1-6-25(7-2)11-12-26(23-24-21-16(3)9-8-10-20(21)30-23)22(27)17-13-18(28-4)15-19(14-17)29-5/h8-10,13-15H,6-7,11-12H2,1-5H3. The minimum Gasteiger partial charge on any atom is -0.497 e. The molecular weight excluding hydrogens is 398 g/mol. The van der Waals surface area contributed by atoms with Gasteiger partial charge in [-0.05, 0) is 43.8 Å². The number of benzene rings is 2. The highest BCUT2D eigenvalue weighted by atomic mass is 32.1. The molecule has 2 aromatic carbocycles. The molecule has 3 aromatic rings. The Labute approximate surface area is 182 Å². The lowest BCUT2D eigenvalue weighted by molar-refractivity contribution is 0.0983. The van der Waals surface area contributed by atoms with Gasteiger partial charge in [0.15, 0.2) is 5.13 Å². The molecule has 1 heterocycles. The van der Waals surface area contributed by atoms with Gasteiger partial charge in [-0.15, -0.1) is 0 Å². The number of methoxy groups -OCH3 is 2. The molecule has 160 valence electrons. The maximum Gasteiger partial charge on any atom is 0.260 e. The van der Waals surface area contributed by atoms with Crippen LogP contribution in [0.1, 0.15) is 29.8 Å². The van der Waals surface area contributed by atoms with E-state index in [0.717, 1.165) is 35.4 Å². The van der Waals surface area contributed by atoms with Gasteiger partial charge in [-0.1, -0.05) is 37.3 Å². The predicted octanol–water partition coefficient (Wildman–Crippen LogP) is 4.61. The maximum absolute atomic E-state index is 13.6. The van der Waals surface area contributed by atoms with Crippen LogP contribution >= 0.6 is 11.3 Å². The number of hydrogen-bond donors (Lipinski definition) is 0. The largest absolute Gasteiger partial charge is 0.497 e. The average Bonchev–Trinajstić information content (AvgIpc) is 3.21. The van der Waals surface area contributed by atoms with Gasteiger partial charge >= 0.3 is 0 Å². The van der Waals surface area contributed by atoms with E-state index < -0.39 is 0 Å². The van der Waals surface area contributed by atoms with E-state index in [1.165, 1.54) is 0 Å². The molecule has 6 nitrogen and oxygen atoms in total. The van der Waals surface area contributed by atoms with E-state index in [4.69, 9.17) is 14.5 Å². The number of rotatable bonds is 9. The molecule has 0 bridgehead atoms. The van der Waals surface area contributed by atoms with E-state index in [2.05, 4.69) is 18.7 Å². The van der Waals surface area contributed by atoms with E-state index in [9.17, 15) is 4.79 Å². The van der Waals surface area contributed by atoms with Crippen molar-refractivity contribution in [1.29, 1.82) is 0 Å². The van der Waals surface area contributed by atoms with Crippen molar-refractivity contribution in [2.75, 3.05) is 45.3 Å². The summed E-state index contributed by atoms with van der Waals surface area (Å²) in [6.45, 7) is 9.50. The van der Waals surface area contributed by atoms with E-state index >= 15 is 0 Å². The van der Waals surface area contributed by atoms with Crippen molar-refractivity contribution < 1.29 is 14.3 Å². The highest BCUT2D eigenvalue weighted by molar-refractivity contribution is 7.22. The quantitative estimate of drug-likeness (QED) is 0.499. The molecular formula is C23H29N3O3S. The third-order valence-electron chi connectivity index (χ3n) is 5.22. The Kier molecular flexibility index (Phi) is 7.29. The molecule has 0 aliphatic heterocycles. The number of amides is 1. The number of carbonyl (C=O) groups is 1. The number of fused-ring (bicyclic) bond motifs is 1. The predicted molar refractivity (Wildman–Crippen MR) is 123 cm³/mol. The molecule has 30 heavy (non-hydrogen) atoms. The van der Waals surface area contributed by atoms with Gasteiger partial charge in [-0.2, -0.15) is 0 Å². The van der Waals surface area contributed by atoms with Crippen LogP contribution < -0.4 is 14.4 Å². The first-order chi connectivity index (χ1) is 14.5. The highest BCUT2D eigenvalue weighted by Crippen LogP contribution is 2.32. The molecule has 0 atom stereocenters. The lowest BCUT2D eigenvalue weighted by Gasteiger charge is -2.25. The van der Waals surface area contributed by atoms with Crippen molar-refractivity contribution in [1.82, 2.24) is 9.88 Å². The summed E-state index contributed by atoms with van der Waals surface area (Å²) in [5, 5.41) is 0.707. The molecule has 0 aliphatic carbocycles. The summed E-state index contributed by atoms with van der Waals surface area (Å²) < 4.78 is 11.8. The molecule has 7 heteroatoms. The molecule has 1 amide bonds. The second-order valence-corrected chi connectivity index (χ2v) is 8.01. The number of anilines is 1. The number of aromatic nitrogens is 1. The smallest absolute Gasteiger partial charge is 0.260 e. The number of ether oxygens (including phenoxy) is 2. The van der Waals surface area contributed by atoms with E-state index in [0.29, 0.717) is 28.7 Å². The lowest BCUT2D eigenvalue weighted by atomic mass is 10.1. The van der Waals surface area contributed by atoms with Crippen LogP contribution in [-0.2, 0) is 0 Å². The van der Waals surface area contributed by atoms with E-state index in [1.54, 1.807) is 48.7 Å². The van der Waals surface area contributed by atoms with Crippen molar-refractivity contribution in [3.05, 3.63) is 47.5 Å². The van der Waals surface area contributed by atoms with Crippen molar-refractivity contribution >= 4 is 32.6 Å². The summed E-state index contributed by atoms with van der Waals surface area (Å²) >= 11 is 1.54. The van der Waals surface area contributed by atoms with Crippen molar-refractivity contribution in [3.63, 3.8) is 0 Å². The molecule has 1 aromatic heterocycles. The van der Waals surface area contributed by atoms with Crippen LogP contribution in [0, 0.1) is 6.92 Å². The fraction of sp³-hybridized carbons (Fsp3) is 0.391.